The van der Waals surface area contributed by atoms with E-state index in [2.05, 4.69) is 5.32 Å². The molecule has 0 aliphatic heterocycles. The molecule has 2 aromatic carbocycles. The van der Waals surface area contributed by atoms with Gasteiger partial charge in [-0.1, -0.05) is 29.8 Å². The summed E-state index contributed by atoms with van der Waals surface area (Å²) < 4.78 is 38.7. The zero-order chi connectivity index (χ0) is 20.9. The number of nitrogens with one attached hydrogen (secondary N) is 1. The Morgan fingerprint density at radius 3 is 2.46 bits per heavy atom. The van der Waals surface area contributed by atoms with Crippen molar-refractivity contribution in [3.63, 3.8) is 0 Å². The molecule has 0 fully saturated rings. The maximum Gasteiger partial charge on any atom is 0.243 e. The van der Waals surface area contributed by atoms with Gasteiger partial charge in [0, 0.05) is 11.6 Å². The summed E-state index contributed by atoms with van der Waals surface area (Å²) in [5, 5.41) is 3.16. The van der Waals surface area contributed by atoms with Crippen molar-refractivity contribution in [3.05, 3.63) is 64.4 Å². The Kier molecular flexibility index (Phi) is 7.43. The average Bonchev–Trinajstić information content (AvgIpc) is 2.62. The van der Waals surface area contributed by atoms with Gasteiger partial charge in [-0.25, -0.2) is 12.8 Å². The van der Waals surface area contributed by atoms with Gasteiger partial charge >= 0.3 is 0 Å². The van der Waals surface area contributed by atoms with Crippen LogP contribution in [0.25, 0.3) is 0 Å². The summed E-state index contributed by atoms with van der Waals surface area (Å²) in [6.45, 7) is 3.68. The highest BCUT2D eigenvalue weighted by molar-refractivity contribution is 7.92. The molecular formula is C20H24ClFN2O3S. The van der Waals surface area contributed by atoms with Crippen molar-refractivity contribution in [1.82, 2.24) is 5.32 Å². The van der Waals surface area contributed by atoms with Gasteiger partial charge in [0.25, 0.3) is 0 Å². The Bertz CT molecular complexity index is 933. The number of aryl methyl sites for hydroxylation is 2. The molecule has 152 valence electrons. The molecule has 2 aromatic rings. The Morgan fingerprint density at radius 2 is 1.86 bits per heavy atom. The Labute approximate surface area is 170 Å². The molecule has 5 nitrogen and oxygen atoms in total. The van der Waals surface area contributed by atoms with Gasteiger partial charge in [0.2, 0.25) is 15.9 Å². The van der Waals surface area contributed by atoms with E-state index in [4.69, 9.17) is 11.6 Å². The van der Waals surface area contributed by atoms with Crippen molar-refractivity contribution in [2.45, 2.75) is 32.7 Å². The lowest BCUT2D eigenvalue weighted by Crippen LogP contribution is -2.48. The highest BCUT2D eigenvalue weighted by atomic mass is 35.5. The fourth-order valence-electron chi connectivity index (χ4n) is 2.90. The third-order valence-corrected chi connectivity index (χ3v) is 5.81. The van der Waals surface area contributed by atoms with Crippen LogP contribution in [0.15, 0.2) is 42.5 Å². The standard InChI is InChI=1S/C20H24ClFN2O3S/c1-14-6-9-17(21)13-19(14)24(28(3,26)27)15(2)20(25)23-12-4-5-16-7-10-18(22)11-8-16/h6-11,13,15H,4-5,12H2,1-3H3,(H,23,25)/t15-/m0/s1. The van der Waals surface area contributed by atoms with Gasteiger partial charge in [-0.3, -0.25) is 9.10 Å². The van der Waals surface area contributed by atoms with Gasteiger partial charge in [-0.15, -0.1) is 0 Å². The number of nitrogens with zero attached hydrogens (tertiary/aromatic N) is 1. The molecule has 0 aliphatic carbocycles. The summed E-state index contributed by atoms with van der Waals surface area (Å²) in [6, 6.07) is 10.2. The average molecular weight is 427 g/mol. The summed E-state index contributed by atoms with van der Waals surface area (Å²) in [6.07, 6.45) is 2.39. The van der Waals surface area contributed by atoms with Gasteiger partial charge in [-0.2, -0.15) is 0 Å². The summed E-state index contributed by atoms with van der Waals surface area (Å²) in [5.74, 6) is -0.688. The van der Waals surface area contributed by atoms with Crippen molar-refractivity contribution in [3.8, 4) is 0 Å². The van der Waals surface area contributed by atoms with Crippen LogP contribution in [0.1, 0.15) is 24.5 Å². The minimum Gasteiger partial charge on any atom is -0.354 e. The van der Waals surface area contributed by atoms with E-state index < -0.39 is 22.0 Å². The fourth-order valence-corrected chi connectivity index (χ4v) is 4.29. The molecule has 0 saturated carbocycles. The summed E-state index contributed by atoms with van der Waals surface area (Å²) in [7, 11) is -3.70. The van der Waals surface area contributed by atoms with Crippen LogP contribution in [-0.4, -0.2) is 33.2 Å². The van der Waals surface area contributed by atoms with Crippen LogP contribution in [-0.2, 0) is 21.2 Å². The Hall–Kier alpha value is -2.12. The summed E-state index contributed by atoms with van der Waals surface area (Å²) in [5.41, 5.74) is 2.05. The smallest absolute Gasteiger partial charge is 0.243 e. The van der Waals surface area contributed by atoms with Crippen LogP contribution in [0.2, 0.25) is 5.02 Å². The molecule has 1 N–H and O–H groups in total. The van der Waals surface area contributed by atoms with Crippen LogP contribution >= 0.6 is 11.6 Å². The molecule has 28 heavy (non-hydrogen) atoms. The second-order valence-electron chi connectivity index (χ2n) is 6.69. The number of benzene rings is 2. The number of carbonyl (C=O) groups is 1. The SMILES string of the molecule is Cc1ccc(Cl)cc1N([C@@H](C)C(=O)NCCCc1ccc(F)cc1)S(C)(=O)=O. The maximum atomic E-state index is 12.9. The largest absolute Gasteiger partial charge is 0.354 e. The molecular weight excluding hydrogens is 403 g/mol. The summed E-state index contributed by atoms with van der Waals surface area (Å²) in [4.78, 5) is 12.6. The van der Waals surface area contributed by atoms with Gasteiger partial charge < -0.3 is 5.32 Å². The van der Waals surface area contributed by atoms with E-state index in [0.717, 1.165) is 16.1 Å². The number of amides is 1. The van der Waals surface area contributed by atoms with E-state index in [1.165, 1.54) is 25.1 Å². The molecule has 0 unspecified atom stereocenters. The van der Waals surface area contributed by atoms with Gasteiger partial charge in [-0.05, 0) is 62.1 Å². The lowest BCUT2D eigenvalue weighted by molar-refractivity contribution is -0.121. The fraction of sp³-hybridized carbons (Fsp3) is 0.350. The molecule has 1 amide bonds. The molecule has 0 bridgehead atoms. The van der Waals surface area contributed by atoms with E-state index >= 15 is 0 Å². The predicted molar refractivity (Wildman–Crippen MR) is 111 cm³/mol. The van der Waals surface area contributed by atoms with Gasteiger partial charge in [0.1, 0.15) is 11.9 Å². The second kappa shape index (κ2) is 9.39. The summed E-state index contributed by atoms with van der Waals surface area (Å²) >= 11 is 6.02. The highest BCUT2D eigenvalue weighted by Crippen LogP contribution is 2.28. The molecule has 0 heterocycles. The third kappa shape index (κ3) is 5.94. The number of carbonyl (C=O) groups excluding carboxylic acids is 1. The minimum atomic E-state index is -3.70. The van der Waals surface area contributed by atoms with Crippen LogP contribution in [0.5, 0.6) is 0 Å². The molecule has 1 atom stereocenters. The Balaban J connectivity index is 2.03. The molecule has 0 saturated heterocycles. The maximum absolute atomic E-state index is 12.9. The lowest BCUT2D eigenvalue weighted by Gasteiger charge is -2.29. The molecule has 0 aliphatic rings. The van der Waals surface area contributed by atoms with Gasteiger partial charge in [0.15, 0.2) is 0 Å². The monoisotopic (exact) mass is 426 g/mol. The number of hydrogen-bond donors (Lipinski definition) is 1. The first-order valence-corrected chi connectivity index (χ1v) is 11.1. The zero-order valence-electron chi connectivity index (χ0n) is 16.1. The highest BCUT2D eigenvalue weighted by Gasteiger charge is 2.30. The van der Waals surface area contributed by atoms with E-state index in [0.29, 0.717) is 35.7 Å². The van der Waals surface area contributed by atoms with E-state index in [9.17, 15) is 17.6 Å². The number of anilines is 1. The van der Waals surface area contributed by atoms with Crippen molar-refractivity contribution in [2.75, 3.05) is 17.1 Å². The molecule has 8 heteroatoms. The van der Waals surface area contributed by atoms with Crippen LogP contribution in [0.3, 0.4) is 0 Å². The third-order valence-electron chi connectivity index (χ3n) is 4.35. The van der Waals surface area contributed by atoms with E-state index in [1.54, 1.807) is 31.2 Å². The van der Waals surface area contributed by atoms with Crippen LogP contribution in [0.4, 0.5) is 10.1 Å². The Morgan fingerprint density at radius 1 is 1.21 bits per heavy atom. The first-order valence-electron chi connectivity index (χ1n) is 8.87. The molecule has 2 rings (SSSR count). The predicted octanol–water partition coefficient (Wildman–Crippen LogP) is 3.69. The molecule has 0 aromatic heterocycles. The zero-order valence-corrected chi connectivity index (χ0v) is 17.6. The van der Waals surface area contributed by atoms with Crippen molar-refractivity contribution >= 4 is 33.2 Å². The van der Waals surface area contributed by atoms with Crippen molar-refractivity contribution in [1.29, 1.82) is 0 Å². The van der Waals surface area contributed by atoms with Crippen LogP contribution < -0.4 is 9.62 Å². The first kappa shape index (κ1) is 22.2. The number of halogens is 2. The number of sulfonamides is 1. The molecule has 0 radical (unpaired) electrons. The topological polar surface area (TPSA) is 66.5 Å². The van der Waals surface area contributed by atoms with Crippen molar-refractivity contribution < 1.29 is 17.6 Å². The number of hydrogen-bond acceptors (Lipinski definition) is 3. The first-order chi connectivity index (χ1) is 13.1. The quantitative estimate of drug-likeness (QED) is 0.654. The van der Waals surface area contributed by atoms with Crippen LogP contribution in [0, 0.1) is 12.7 Å². The minimum absolute atomic E-state index is 0.289. The van der Waals surface area contributed by atoms with E-state index in [1.807, 2.05) is 0 Å². The van der Waals surface area contributed by atoms with Gasteiger partial charge in [0.05, 0.1) is 11.9 Å². The van der Waals surface area contributed by atoms with Crippen molar-refractivity contribution in [2.24, 2.45) is 0 Å². The molecule has 0 spiro atoms. The lowest BCUT2D eigenvalue weighted by atomic mass is 10.1. The second-order valence-corrected chi connectivity index (χ2v) is 8.98. The van der Waals surface area contributed by atoms with E-state index in [-0.39, 0.29) is 5.82 Å². The number of rotatable bonds is 8. The normalized spacial score (nSPS) is 12.5.